The molecule has 0 saturated heterocycles. The van der Waals surface area contributed by atoms with Crippen molar-refractivity contribution in [3.05, 3.63) is 15.6 Å². The lowest BCUT2D eigenvalue weighted by Crippen LogP contribution is -2.06. The third-order valence-electron chi connectivity index (χ3n) is 1.92. The van der Waals surface area contributed by atoms with Crippen molar-refractivity contribution in [2.24, 2.45) is 0 Å². The minimum atomic E-state index is 0.486. The molecule has 4 heteroatoms. The van der Waals surface area contributed by atoms with Crippen LogP contribution >= 0.6 is 11.3 Å². The van der Waals surface area contributed by atoms with E-state index in [-0.39, 0.29) is 0 Å². The Morgan fingerprint density at radius 2 is 2.21 bits per heavy atom. The molecule has 1 aromatic rings. The number of ether oxygens (including phenoxy) is 1. The monoisotopic (exact) mass is 214 g/mol. The number of hydrogen-bond donors (Lipinski definition) is 1. The summed E-state index contributed by atoms with van der Waals surface area (Å²) in [5.74, 6) is 0.486. The van der Waals surface area contributed by atoms with E-state index in [9.17, 15) is 0 Å². The van der Waals surface area contributed by atoms with E-state index in [1.165, 1.54) is 10.6 Å². The Labute approximate surface area is 89.5 Å². The second-order valence-electron chi connectivity index (χ2n) is 3.53. The Kier molecular flexibility index (Phi) is 4.51. The van der Waals surface area contributed by atoms with Crippen molar-refractivity contribution in [2.45, 2.75) is 32.9 Å². The Bertz CT molecular complexity index is 284. The number of hydrogen-bond acceptors (Lipinski definition) is 4. The van der Waals surface area contributed by atoms with E-state index in [0.29, 0.717) is 12.5 Å². The predicted octanol–water partition coefficient (Wildman–Crippen LogP) is 2.13. The van der Waals surface area contributed by atoms with Crippen LogP contribution in [0.2, 0.25) is 0 Å². The minimum Gasteiger partial charge on any atom is -0.378 e. The molecule has 0 bridgehead atoms. The van der Waals surface area contributed by atoms with Crippen LogP contribution in [0.3, 0.4) is 0 Å². The summed E-state index contributed by atoms with van der Waals surface area (Å²) in [5.41, 5.74) is 1.20. The Morgan fingerprint density at radius 3 is 2.71 bits per heavy atom. The van der Waals surface area contributed by atoms with E-state index >= 15 is 0 Å². The maximum atomic E-state index is 5.08. The SMILES string of the molecule is CNCc1sc(COC)nc1C(C)C. The molecule has 0 amide bonds. The zero-order valence-electron chi connectivity index (χ0n) is 9.26. The molecular weight excluding hydrogens is 196 g/mol. The molecule has 1 aromatic heterocycles. The lowest BCUT2D eigenvalue weighted by molar-refractivity contribution is 0.184. The van der Waals surface area contributed by atoms with Crippen LogP contribution < -0.4 is 5.32 Å². The minimum absolute atomic E-state index is 0.486. The van der Waals surface area contributed by atoms with Gasteiger partial charge in [-0.1, -0.05) is 13.8 Å². The molecule has 1 N–H and O–H groups in total. The van der Waals surface area contributed by atoms with Gasteiger partial charge in [-0.3, -0.25) is 0 Å². The van der Waals surface area contributed by atoms with Crippen molar-refractivity contribution >= 4 is 11.3 Å². The van der Waals surface area contributed by atoms with Crippen LogP contribution in [-0.4, -0.2) is 19.1 Å². The van der Waals surface area contributed by atoms with E-state index < -0.39 is 0 Å². The quantitative estimate of drug-likeness (QED) is 0.815. The van der Waals surface area contributed by atoms with Crippen LogP contribution in [0, 0.1) is 0 Å². The maximum absolute atomic E-state index is 5.08. The van der Waals surface area contributed by atoms with Crippen LogP contribution in [0.25, 0.3) is 0 Å². The van der Waals surface area contributed by atoms with E-state index in [0.717, 1.165) is 11.6 Å². The first-order valence-corrected chi connectivity index (χ1v) is 5.62. The van der Waals surface area contributed by atoms with E-state index in [1.807, 2.05) is 7.05 Å². The van der Waals surface area contributed by atoms with Gasteiger partial charge in [0.05, 0.1) is 12.3 Å². The molecule has 1 rings (SSSR count). The molecule has 14 heavy (non-hydrogen) atoms. The molecule has 0 radical (unpaired) electrons. The summed E-state index contributed by atoms with van der Waals surface area (Å²) in [7, 11) is 3.66. The number of rotatable bonds is 5. The number of thiazole rings is 1. The summed E-state index contributed by atoms with van der Waals surface area (Å²) < 4.78 is 5.08. The second kappa shape index (κ2) is 5.44. The van der Waals surface area contributed by atoms with Crippen molar-refractivity contribution < 1.29 is 4.74 Å². The lowest BCUT2D eigenvalue weighted by atomic mass is 10.1. The standard InChI is InChI=1S/C10H18N2OS/c1-7(2)10-8(5-11-3)14-9(12-10)6-13-4/h7,11H,5-6H2,1-4H3. The topological polar surface area (TPSA) is 34.1 Å². The highest BCUT2D eigenvalue weighted by molar-refractivity contribution is 7.11. The third-order valence-corrected chi connectivity index (χ3v) is 2.97. The van der Waals surface area contributed by atoms with Crippen LogP contribution in [0.4, 0.5) is 0 Å². The summed E-state index contributed by atoms with van der Waals surface area (Å²) in [6.07, 6.45) is 0. The molecular formula is C10H18N2OS. The van der Waals surface area contributed by atoms with E-state index in [1.54, 1.807) is 18.4 Å². The smallest absolute Gasteiger partial charge is 0.119 e. The lowest BCUT2D eigenvalue weighted by Gasteiger charge is -2.03. The molecule has 0 atom stereocenters. The first kappa shape index (κ1) is 11.6. The van der Waals surface area contributed by atoms with Crippen molar-refractivity contribution in [1.82, 2.24) is 10.3 Å². The van der Waals surface area contributed by atoms with Crippen molar-refractivity contribution in [3.63, 3.8) is 0 Å². The van der Waals surface area contributed by atoms with E-state index in [4.69, 9.17) is 4.74 Å². The third kappa shape index (κ3) is 2.77. The predicted molar refractivity (Wildman–Crippen MR) is 59.7 cm³/mol. The molecule has 80 valence electrons. The van der Waals surface area contributed by atoms with Crippen LogP contribution in [0.5, 0.6) is 0 Å². The van der Waals surface area contributed by atoms with Crippen molar-refractivity contribution in [2.75, 3.05) is 14.2 Å². The zero-order chi connectivity index (χ0) is 10.6. The molecule has 0 aliphatic carbocycles. The number of nitrogens with one attached hydrogen (secondary N) is 1. The van der Waals surface area contributed by atoms with Crippen LogP contribution in [0.1, 0.15) is 35.3 Å². The van der Waals surface area contributed by atoms with Gasteiger partial charge in [-0.2, -0.15) is 0 Å². The van der Waals surface area contributed by atoms with Crippen LogP contribution in [-0.2, 0) is 17.9 Å². The molecule has 0 aromatic carbocycles. The van der Waals surface area contributed by atoms with Gasteiger partial charge >= 0.3 is 0 Å². The van der Waals surface area contributed by atoms with Gasteiger partial charge in [-0.25, -0.2) is 4.98 Å². The highest BCUT2D eigenvalue weighted by Crippen LogP contribution is 2.25. The largest absolute Gasteiger partial charge is 0.378 e. The molecule has 0 aliphatic rings. The average Bonchev–Trinajstić information content (AvgIpc) is 2.49. The zero-order valence-corrected chi connectivity index (χ0v) is 10.1. The van der Waals surface area contributed by atoms with Gasteiger partial charge < -0.3 is 10.1 Å². The number of methoxy groups -OCH3 is 1. The first-order valence-electron chi connectivity index (χ1n) is 4.81. The molecule has 1 heterocycles. The van der Waals surface area contributed by atoms with Gasteiger partial charge in [-0.05, 0) is 13.0 Å². The summed E-state index contributed by atoms with van der Waals surface area (Å²) in [6.45, 7) is 5.86. The van der Waals surface area contributed by atoms with Crippen LogP contribution in [0.15, 0.2) is 0 Å². The maximum Gasteiger partial charge on any atom is 0.119 e. The molecule has 0 aliphatic heterocycles. The molecule has 0 spiro atoms. The highest BCUT2D eigenvalue weighted by atomic mass is 32.1. The van der Waals surface area contributed by atoms with Crippen molar-refractivity contribution in [1.29, 1.82) is 0 Å². The Balaban J connectivity index is 2.87. The number of nitrogens with zero attached hydrogens (tertiary/aromatic N) is 1. The molecule has 0 unspecified atom stereocenters. The summed E-state index contributed by atoms with van der Waals surface area (Å²) >= 11 is 1.74. The summed E-state index contributed by atoms with van der Waals surface area (Å²) in [6, 6.07) is 0. The summed E-state index contributed by atoms with van der Waals surface area (Å²) in [4.78, 5) is 5.90. The van der Waals surface area contributed by atoms with Gasteiger partial charge in [0.15, 0.2) is 0 Å². The fourth-order valence-corrected chi connectivity index (χ4v) is 2.55. The number of aromatic nitrogens is 1. The van der Waals surface area contributed by atoms with Gasteiger partial charge in [-0.15, -0.1) is 11.3 Å². The fourth-order valence-electron chi connectivity index (χ4n) is 1.34. The Hall–Kier alpha value is -0.450. The second-order valence-corrected chi connectivity index (χ2v) is 4.70. The van der Waals surface area contributed by atoms with Gasteiger partial charge in [0.2, 0.25) is 0 Å². The molecule has 0 saturated carbocycles. The Morgan fingerprint density at radius 1 is 1.50 bits per heavy atom. The normalized spacial score (nSPS) is 11.2. The first-order chi connectivity index (χ1) is 6.69. The molecule has 0 fully saturated rings. The molecule has 3 nitrogen and oxygen atoms in total. The van der Waals surface area contributed by atoms with Gasteiger partial charge in [0, 0.05) is 18.5 Å². The highest BCUT2D eigenvalue weighted by Gasteiger charge is 2.12. The average molecular weight is 214 g/mol. The van der Waals surface area contributed by atoms with Crippen molar-refractivity contribution in [3.8, 4) is 0 Å². The van der Waals surface area contributed by atoms with Gasteiger partial charge in [0.25, 0.3) is 0 Å². The summed E-state index contributed by atoms with van der Waals surface area (Å²) in [5, 5.41) is 4.24. The fraction of sp³-hybridized carbons (Fsp3) is 0.700. The van der Waals surface area contributed by atoms with E-state index in [2.05, 4.69) is 24.1 Å². The van der Waals surface area contributed by atoms with Gasteiger partial charge in [0.1, 0.15) is 5.01 Å².